The molecule has 2 aliphatic rings. The molecule has 0 unspecified atom stereocenters. The lowest BCUT2D eigenvalue weighted by Gasteiger charge is -2.36. The second-order valence-corrected chi connectivity index (χ2v) is 17.0. The first-order valence-corrected chi connectivity index (χ1v) is 23.8. The number of ether oxygens (including phenoxy) is 2. The summed E-state index contributed by atoms with van der Waals surface area (Å²) in [6, 6.07) is 21.4. The van der Waals surface area contributed by atoms with Crippen LogP contribution in [0.5, 0.6) is 11.5 Å². The van der Waals surface area contributed by atoms with Crippen LogP contribution >= 0.6 is 12.2 Å². The van der Waals surface area contributed by atoms with E-state index in [0.29, 0.717) is 44.7 Å². The molecule has 1 aliphatic carbocycles. The van der Waals surface area contributed by atoms with Crippen LogP contribution in [0, 0.1) is 11.8 Å². The van der Waals surface area contributed by atoms with Crippen LogP contribution in [0.4, 0.5) is 0 Å². The van der Waals surface area contributed by atoms with Crippen molar-refractivity contribution in [1.29, 1.82) is 0 Å². The quantitative estimate of drug-likeness (QED) is 0.0319. The molecule has 0 radical (unpaired) electrons. The zero-order chi connectivity index (χ0) is 44.9. The lowest BCUT2D eigenvalue weighted by Crippen LogP contribution is -2.56. The second-order valence-electron chi connectivity index (χ2n) is 16.7. The zero-order valence-corrected chi connectivity index (χ0v) is 39.1. The molecule has 64 heavy (non-hydrogen) atoms. The molecule has 1 aliphatic heterocycles. The zero-order valence-electron chi connectivity index (χ0n) is 38.3. The second kappa shape index (κ2) is 19.7. The summed E-state index contributed by atoms with van der Waals surface area (Å²) < 4.78 is 17.3. The van der Waals surface area contributed by atoms with Gasteiger partial charge in [0.2, 0.25) is 0 Å². The summed E-state index contributed by atoms with van der Waals surface area (Å²) in [5.41, 5.74) is 5.16. The number of carbonyl (C=O) groups excluding carboxylic acids is 2. The fraction of sp³-hybridized carbons (Fsp3) is 0.364. The molecule has 8 rings (SSSR count). The van der Waals surface area contributed by atoms with Gasteiger partial charge in [0.05, 0.1) is 6.61 Å². The van der Waals surface area contributed by atoms with Gasteiger partial charge in [-0.2, -0.15) is 0 Å². The monoisotopic (exact) mass is 872 g/mol. The Balaban J connectivity index is 1.35. The number of hydrogen-bond donors (Lipinski definition) is 0. The Bertz CT molecular complexity index is 3030. The van der Waals surface area contributed by atoms with Gasteiger partial charge in [0.25, 0.3) is 11.8 Å². The van der Waals surface area contributed by atoms with Gasteiger partial charge < -0.3 is 18.6 Å². The largest absolute Gasteiger partial charge is 0.493 e. The fourth-order valence-electron chi connectivity index (χ4n) is 9.58. The van der Waals surface area contributed by atoms with Crippen LogP contribution in [0.2, 0.25) is 0 Å². The van der Waals surface area contributed by atoms with Crippen molar-refractivity contribution in [3.63, 3.8) is 0 Å². The SMILES string of the molecule is CC#CCOc1ccc2c3c1cccc3/c(=C\C=C1\CC/C(=C\C=c3/c4cccc5c(OCCCC)ccc(c54)n3CCCC)C1=C1C(=O)N(CC)C(=S)N(CC)C1=O)n2CCCC. The van der Waals surface area contributed by atoms with E-state index in [1.807, 2.05) is 20.8 Å². The third kappa shape index (κ3) is 8.02. The molecule has 0 atom stereocenters. The number of hydrogen-bond acceptors (Lipinski definition) is 5. The first-order valence-electron chi connectivity index (χ1n) is 23.4. The molecule has 9 heteroatoms. The highest BCUT2D eigenvalue weighted by Crippen LogP contribution is 2.41. The van der Waals surface area contributed by atoms with Crippen LogP contribution in [-0.4, -0.2) is 62.2 Å². The predicted octanol–water partition coefficient (Wildman–Crippen LogP) is 10.7. The van der Waals surface area contributed by atoms with Gasteiger partial charge in [0.1, 0.15) is 23.7 Å². The van der Waals surface area contributed by atoms with Crippen molar-refractivity contribution in [1.82, 2.24) is 18.9 Å². The Hall–Kier alpha value is -6.11. The van der Waals surface area contributed by atoms with Crippen molar-refractivity contribution in [2.75, 3.05) is 26.3 Å². The molecule has 0 bridgehead atoms. The van der Waals surface area contributed by atoms with E-state index < -0.39 is 0 Å². The molecule has 1 saturated heterocycles. The number of allylic oxidation sites excluding steroid dienone is 5. The number of rotatable bonds is 16. The normalized spacial score (nSPS) is 16.7. The average molecular weight is 873 g/mol. The molecule has 4 aromatic carbocycles. The Labute approximate surface area is 382 Å². The Morgan fingerprint density at radius 2 is 1.09 bits per heavy atom. The van der Waals surface area contributed by atoms with Crippen LogP contribution in [0.15, 0.2) is 95.1 Å². The minimum atomic E-state index is -0.336. The van der Waals surface area contributed by atoms with Crippen LogP contribution in [0.3, 0.4) is 0 Å². The van der Waals surface area contributed by atoms with E-state index in [9.17, 15) is 9.59 Å². The van der Waals surface area contributed by atoms with Gasteiger partial charge in [-0.1, -0.05) is 94.5 Å². The number of benzene rings is 4. The Morgan fingerprint density at radius 3 is 1.56 bits per heavy atom. The number of unbranched alkanes of at least 4 members (excludes halogenated alkanes) is 3. The standard InChI is InChI=1S/C55H60N4O4S/c1-7-13-33-58-43(39-19-17-21-41-47(62-35-15-9-3)31-29-45(58)50(39)41)27-25-37-23-24-38(49(37)52-53(60)56(11-5)55(64)57(12-6)54(52)61)26-28-44-40-20-18-22-42-48(63-36-16-10-4)32-30-46(51(40)42)59(44)34-14-8-2/h17-22,25-32H,7-9,11-15,23-24,33-36H2,1-6H3/b37-25+,38-26-,43-27+,44-28+. The molecule has 0 N–H and O–H groups in total. The van der Waals surface area contributed by atoms with Gasteiger partial charge in [-0.05, 0) is 118 Å². The van der Waals surface area contributed by atoms with E-state index in [1.165, 1.54) is 10.9 Å². The van der Waals surface area contributed by atoms with Gasteiger partial charge in [0.15, 0.2) is 5.11 Å². The maximum atomic E-state index is 14.6. The van der Waals surface area contributed by atoms with Crippen LogP contribution < -0.4 is 20.2 Å². The molecule has 2 fully saturated rings. The van der Waals surface area contributed by atoms with Crippen LogP contribution in [0.25, 0.3) is 55.5 Å². The van der Waals surface area contributed by atoms with Crippen LogP contribution in [-0.2, 0) is 22.7 Å². The number of thiocarbonyl (C=S) groups is 1. The molecule has 0 spiro atoms. The van der Waals surface area contributed by atoms with Gasteiger partial charge in [-0.25, -0.2) is 0 Å². The van der Waals surface area contributed by atoms with E-state index in [2.05, 4.69) is 127 Å². The molecule has 1 saturated carbocycles. The van der Waals surface area contributed by atoms with E-state index in [0.717, 1.165) is 117 Å². The number of nitrogens with zero attached hydrogens (tertiary/aromatic N) is 4. The van der Waals surface area contributed by atoms with Crippen molar-refractivity contribution in [2.24, 2.45) is 0 Å². The van der Waals surface area contributed by atoms with Crippen molar-refractivity contribution in [2.45, 2.75) is 106 Å². The fourth-order valence-corrected chi connectivity index (χ4v) is 10.0. The lowest BCUT2D eigenvalue weighted by atomic mass is 9.95. The molecule has 3 heterocycles. The summed E-state index contributed by atoms with van der Waals surface area (Å²) >= 11 is 5.74. The summed E-state index contributed by atoms with van der Waals surface area (Å²) in [5.74, 6) is 7.01. The minimum absolute atomic E-state index is 0.189. The lowest BCUT2D eigenvalue weighted by molar-refractivity contribution is -0.133. The van der Waals surface area contributed by atoms with E-state index >= 15 is 0 Å². The summed E-state index contributed by atoms with van der Waals surface area (Å²) in [6.45, 7) is 15.7. The van der Waals surface area contributed by atoms with Crippen LogP contribution in [0.1, 0.15) is 92.9 Å². The maximum absolute atomic E-state index is 14.6. The molecule has 2 amide bonds. The highest BCUT2D eigenvalue weighted by Gasteiger charge is 2.42. The summed E-state index contributed by atoms with van der Waals surface area (Å²) in [4.78, 5) is 32.3. The number of carbonyl (C=O) groups is 2. The average Bonchev–Trinajstić information content (AvgIpc) is 3.95. The first-order chi connectivity index (χ1) is 31.3. The summed E-state index contributed by atoms with van der Waals surface area (Å²) in [6.07, 6.45) is 16.3. The topological polar surface area (TPSA) is 68.9 Å². The summed E-state index contributed by atoms with van der Waals surface area (Å²) in [7, 11) is 0. The van der Waals surface area contributed by atoms with E-state index in [1.54, 1.807) is 9.80 Å². The molecule has 2 aromatic heterocycles. The van der Waals surface area contributed by atoms with Crippen molar-refractivity contribution in [3.05, 3.63) is 106 Å². The highest BCUT2D eigenvalue weighted by atomic mass is 32.1. The van der Waals surface area contributed by atoms with Crippen molar-refractivity contribution < 1.29 is 19.1 Å². The number of likely N-dealkylation sites (N-methyl/N-ethyl adjacent to an activating group) is 2. The first kappa shape index (κ1) is 44.5. The third-order valence-corrected chi connectivity index (χ3v) is 13.3. The van der Waals surface area contributed by atoms with Gasteiger partial charge in [-0.3, -0.25) is 19.4 Å². The maximum Gasteiger partial charge on any atom is 0.266 e. The molecular formula is C55H60N4O4S. The minimum Gasteiger partial charge on any atom is -0.493 e. The third-order valence-electron chi connectivity index (χ3n) is 12.8. The number of amides is 2. The smallest absolute Gasteiger partial charge is 0.266 e. The number of aryl methyl sites for hydroxylation is 2. The molecule has 330 valence electrons. The summed E-state index contributed by atoms with van der Waals surface area (Å²) in [5, 5.41) is 9.28. The van der Waals surface area contributed by atoms with Gasteiger partial charge in [-0.15, -0.1) is 5.92 Å². The molecular weight excluding hydrogens is 813 g/mol. The highest BCUT2D eigenvalue weighted by molar-refractivity contribution is 7.80. The van der Waals surface area contributed by atoms with E-state index in [4.69, 9.17) is 21.7 Å². The van der Waals surface area contributed by atoms with Crippen molar-refractivity contribution in [3.8, 4) is 23.3 Å². The van der Waals surface area contributed by atoms with Crippen molar-refractivity contribution >= 4 is 84.6 Å². The number of aromatic nitrogens is 2. The van der Waals surface area contributed by atoms with Gasteiger partial charge >= 0.3 is 0 Å². The molecule has 6 aromatic rings. The Morgan fingerprint density at radius 1 is 0.609 bits per heavy atom. The van der Waals surface area contributed by atoms with E-state index in [-0.39, 0.29) is 22.5 Å². The predicted molar refractivity (Wildman–Crippen MR) is 267 cm³/mol. The Kier molecular flexibility index (Phi) is 13.7. The van der Waals surface area contributed by atoms with Gasteiger partial charge in [0, 0.05) is 80.2 Å². The molecule has 8 nitrogen and oxygen atoms in total.